The van der Waals surface area contributed by atoms with E-state index in [-0.39, 0.29) is 29.6 Å². The number of hydrogen-bond donors (Lipinski definition) is 0. The van der Waals surface area contributed by atoms with Crippen molar-refractivity contribution in [3.05, 3.63) is 24.8 Å². The van der Waals surface area contributed by atoms with Gasteiger partial charge in [0.25, 0.3) is 0 Å². The summed E-state index contributed by atoms with van der Waals surface area (Å²) in [6.07, 6.45) is 3.58. The number of carbonyl (C=O) groups is 1. The Morgan fingerprint density at radius 1 is 1.62 bits per heavy atom. The summed E-state index contributed by atoms with van der Waals surface area (Å²) >= 11 is 0. The molecule has 0 bridgehead atoms. The average Bonchev–Trinajstić information content (AvgIpc) is 1.61. The van der Waals surface area contributed by atoms with E-state index < -0.39 is 5.97 Å². The number of aliphatic carboxylic acids is 1. The molecule has 0 saturated heterocycles. The quantitative estimate of drug-likeness (QED) is 0.215. The van der Waals surface area contributed by atoms with E-state index in [0.717, 1.165) is 6.08 Å². The Hall–Kier alpha value is -0.0500. The van der Waals surface area contributed by atoms with Crippen molar-refractivity contribution in [2.75, 3.05) is 0 Å². The fourth-order valence-electron chi connectivity index (χ4n) is 0.147. The zero-order valence-electron chi connectivity index (χ0n) is 4.76. The van der Waals surface area contributed by atoms with Gasteiger partial charge in [0.15, 0.2) is 0 Å². The first-order chi connectivity index (χ1) is 3.27. The van der Waals surface area contributed by atoms with Crippen LogP contribution in [0, 0.1) is 0 Å². The summed E-state index contributed by atoms with van der Waals surface area (Å²) in [4.78, 5) is 9.51. The molecule has 0 spiro atoms. The van der Waals surface area contributed by atoms with Gasteiger partial charge < -0.3 is 9.90 Å². The Morgan fingerprint density at radius 3 is 2.25 bits per heavy atom. The van der Waals surface area contributed by atoms with E-state index in [1.807, 2.05) is 0 Å². The van der Waals surface area contributed by atoms with Gasteiger partial charge >= 0.3 is 29.6 Å². The molecule has 0 unspecified atom stereocenters. The second-order valence-electron chi connectivity index (χ2n) is 0.914. The molecule has 0 atom stereocenters. The van der Waals surface area contributed by atoms with Gasteiger partial charge in [0.2, 0.25) is 0 Å². The van der Waals surface area contributed by atoms with Crippen LogP contribution < -0.4 is 34.7 Å². The van der Waals surface area contributed by atoms with Crippen molar-refractivity contribution in [3.8, 4) is 0 Å². The number of hydrogen-bond acceptors (Lipinski definition) is 2. The number of allylic oxidation sites excluding steroid dienone is 2. The fraction of sp³-hybridized carbons (Fsp3) is 0. The van der Waals surface area contributed by atoms with Gasteiger partial charge in [0, 0.05) is 0 Å². The van der Waals surface area contributed by atoms with E-state index in [0.29, 0.717) is 0 Å². The molecular weight excluding hydrogens is 115 g/mol. The maximum absolute atomic E-state index is 9.51. The van der Waals surface area contributed by atoms with Crippen LogP contribution in [0.15, 0.2) is 24.8 Å². The van der Waals surface area contributed by atoms with Gasteiger partial charge in [-0.05, 0) is 6.08 Å². The van der Waals surface area contributed by atoms with Crippen LogP contribution in [-0.4, -0.2) is 5.97 Å². The van der Waals surface area contributed by atoms with Gasteiger partial charge in [-0.1, -0.05) is 18.7 Å². The van der Waals surface area contributed by atoms with E-state index in [4.69, 9.17) is 0 Å². The van der Waals surface area contributed by atoms with Gasteiger partial charge in [0.05, 0.1) is 5.97 Å². The second-order valence-corrected chi connectivity index (χ2v) is 0.914. The molecule has 3 heteroatoms. The molecule has 0 aromatic heterocycles. The molecule has 0 amide bonds. The topological polar surface area (TPSA) is 40.1 Å². The maximum Gasteiger partial charge on any atom is 1.00 e. The number of rotatable bonds is 2. The number of carboxylic acid groups (broad SMARTS) is 1. The molecule has 0 aromatic carbocycles. The molecule has 0 aliphatic heterocycles. The van der Waals surface area contributed by atoms with Gasteiger partial charge in [-0.25, -0.2) is 0 Å². The van der Waals surface area contributed by atoms with Crippen LogP contribution in [0.4, 0.5) is 0 Å². The molecule has 8 heavy (non-hydrogen) atoms. The third kappa shape index (κ3) is 9.34. The van der Waals surface area contributed by atoms with Crippen LogP contribution in [0.2, 0.25) is 0 Å². The van der Waals surface area contributed by atoms with E-state index in [2.05, 4.69) is 6.58 Å². The molecule has 0 heterocycles. The van der Waals surface area contributed by atoms with Crippen molar-refractivity contribution in [2.24, 2.45) is 0 Å². The summed E-state index contributed by atoms with van der Waals surface area (Å²) in [5, 5.41) is 9.51. The summed E-state index contributed by atoms with van der Waals surface area (Å²) < 4.78 is 0. The zero-order chi connectivity index (χ0) is 5.70. The minimum atomic E-state index is -1.19. The van der Waals surface area contributed by atoms with Crippen LogP contribution in [0.5, 0.6) is 0 Å². The molecule has 0 rings (SSSR count). The summed E-state index contributed by atoms with van der Waals surface area (Å²) in [6.45, 7) is 3.25. The third-order valence-corrected chi connectivity index (χ3v) is 0.368. The molecule has 0 saturated carbocycles. The van der Waals surface area contributed by atoms with Crippen molar-refractivity contribution in [2.45, 2.75) is 0 Å². The Bertz CT molecular complexity index is 107. The van der Waals surface area contributed by atoms with Crippen LogP contribution in [0.25, 0.3) is 0 Å². The second kappa shape index (κ2) is 6.95. The van der Waals surface area contributed by atoms with Crippen LogP contribution in [0.3, 0.4) is 0 Å². The molecule has 0 radical (unpaired) electrons. The number of carbonyl (C=O) groups excluding carboxylic acids is 1. The summed E-state index contributed by atoms with van der Waals surface area (Å²) in [7, 11) is 0. The normalized spacial score (nSPS) is 8.00. The van der Waals surface area contributed by atoms with Crippen LogP contribution >= 0.6 is 0 Å². The van der Waals surface area contributed by atoms with Gasteiger partial charge in [-0.15, -0.1) is 0 Å². The first-order valence-electron chi connectivity index (χ1n) is 1.77. The van der Waals surface area contributed by atoms with E-state index in [1.165, 1.54) is 12.2 Å². The predicted octanol–water partition coefficient (Wildman–Crippen LogP) is -3.52. The largest absolute Gasteiger partial charge is 1.00 e. The third-order valence-electron chi connectivity index (χ3n) is 0.368. The summed E-state index contributed by atoms with van der Waals surface area (Å²) in [6, 6.07) is 0. The van der Waals surface area contributed by atoms with Crippen molar-refractivity contribution in [3.63, 3.8) is 0 Å². The predicted molar refractivity (Wildman–Crippen MR) is 24.3 cm³/mol. The van der Waals surface area contributed by atoms with Crippen LogP contribution in [-0.2, 0) is 4.79 Å². The van der Waals surface area contributed by atoms with Gasteiger partial charge in [-0.3, -0.25) is 0 Å². The van der Waals surface area contributed by atoms with Crippen molar-refractivity contribution >= 4 is 5.97 Å². The summed E-state index contributed by atoms with van der Waals surface area (Å²) in [5.41, 5.74) is 0. The monoisotopic (exact) mass is 120 g/mol. The zero-order valence-corrected chi connectivity index (χ0v) is 6.76. The van der Waals surface area contributed by atoms with Crippen LogP contribution in [0.1, 0.15) is 0 Å². The summed E-state index contributed by atoms with van der Waals surface area (Å²) in [5.74, 6) is -1.19. The molecular formula is C5H5NaO2. The maximum atomic E-state index is 9.51. The fourth-order valence-corrected chi connectivity index (χ4v) is 0.147. The van der Waals surface area contributed by atoms with Gasteiger partial charge in [-0.2, -0.15) is 0 Å². The van der Waals surface area contributed by atoms with E-state index >= 15 is 0 Å². The minimum absolute atomic E-state index is 0. The smallest absolute Gasteiger partial charge is 0.545 e. The van der Waals surface area contributed by atoms with Crippen molar-refractivity contribution in [1.82, 2.24) is 0 Å². The average molecular weight is 120 g/mol. The van der Waals surface area contributed by atoms with E-state index in [9.17, 15) is 9.90 Å². The Balaban J connectivity index is 0. The minimum Gasteiger partial charge on any atom is -0.545 e. The SMILES string of the molecule is C=C/C=C\C(=O)[O-].[Na+]. The Kier molecular flexibility index (Phi) is 9.42. The molecule has 0 N–H and O–H groups in total. The van der Waals surface area contributed by atoms with Crippen molar-refractivity contribution in [1.29, 1.82) is 0 Å². The molecule has 0 aliphatic rings. The molecule has 0 aromatic rings. The molecule has 0 aliphatic carbocycles. The molecule has 0 fully saturated rings. The Morgan fingerprint density at radius 2 is 2.12 bits per heavy atom. The first kappa shape index (κ1) is 10.8. The Labute approximate surface area is 70.2 Å². The molecule has 2 nitrogen and oxygen atoms in total. The molecule has 38 valence electrons. The van der Waals surface area contributed by atoms with E-state index in [1.54, 1.807) is 0 Å². The number of carboxylic acids is 1. The first-order valence-corrected chi connectivity index (χ1v) is 1.77. The van der Waals surface area contributed by atoms with Gasteiger partial charge in [0.1, 0.15) is 0 Å². The standard InChI is InChI=1S/C5H6O2.Na/c1-2-3-4-5(6)7;/h2-4H,1H2,(H,6,7);/q;+1/p-1/b4-3-;. The van der Waals surface area contributed by atoms with Crippen molar-refractivity contribution < 1.29 is 39.5 Å².